The van der Waals surface area contributed by atoms with E-state index in [4.69, 9.17) is 5.73 Å². The van der Waals surface area contributed by atoms with Gasteiger partial charge in [-0.1, -0.05) is 6.07 Å². The number of carbonyl (C=O) groups is 3. The molecule has 2 amide bonds. The Kier molecular flexibility index (Phi) is 5.05. The fourth-order valence-electron chi connectivity index (χ4n) is 4.48. The molecule has 170 valence electrons. The maximum atomic E-state index is 14.5. The Labute approximate surface area is 196 Å². The van der Waals surface area contributed by atoms with Crippen LogP contribution < -0.4 is 16.4 Å². The van der Waals surface area contributed by atoms with E-state index in [1.165, 1.54) is 23.0 Å². The van der Waals surface area contributed by atoms with E-state index in [0.717, 1.165) is 6.42 Å². The summed E-state index contributed by atoms with van der Waals surface area (Å²) in [7, 11) is 0. The van der Waals surface area contributed by atoms with Crippen molar-refractivity contribution < 1.29 is 18.8 Å². The highest BCUT2D eigenvalue weighted by Crippen LogP contribution is 2.46. The molecule has 11 heteroatoms. The van der Waals surface area contributed by atoms with Crippen LogP contribution in [0.5, 0.6) is 0 Å². The highest BCUT2D eigenvalue weighted by atomic mass is 79.9. The van der Waals surface area contributed by atoms with Crippen LogP contribution in [0.25, 0.3) is 10.9 Å². The van der Waals surface area contributed by atoms with Gasteiger partial charge in [0.15, 0.2) is 22.8 Å². The third-order valence-electron chi connectivity index (χ3n) is 6.29. The number of nitrogens with one attached hydrogen (secondary N) is 2. The van der Waals surface area contributed by atoms with Gasteiger partial charge in [-0.25, -0.2) is 4.39 Å². The molecule has 1 aromatic carbocycles. The fraction of sp³-hybridized carbons (Fsp3) is 0.318. The van der Waals surface area contributed by atoms with E-state index in [1.54, 1.807) is 19.1 Å². The molecule has 5 rings (SSSR count). The molecule has 2 aliphatic rings. The third-order valence-corrected chi connectivity index (χ3v) is 6.90. The van der Waals surface area contributed by atoms with Crippen molar-refractivity contribution in [1.29, 1.82) is 0 Å². The number of fused-ring (bicyclic) bond motifs is 2. The number of anilines is 1. The van der Waals surface area contributed by atoms with E-state index in [-0.39, 0.29) is 34.4 Å². The lowest BCUT2D eigenvalue weighted by Gasteiger charge is -2.29. The zero-order valence-electron chi connectivity index (χ0n) is 17.6. The van der Waals surface area contributed by atoms with Crippen LogP contribution >= 0.6 is 15.9 Å². The molecule has 0 unspecified atom stereocenters. The lowest BCUT2D eigenvalue weighted by Crippen LogP contribution is -2.59. The number of pyridine rings is 1. The van der Waals surface area contributed by atoms with E-state index >= 15 is 0 Å². The zero-order chi connectivity index (χ0) is 23.5. The summed E-state index contributed by atoms with van der Waals surface area (Å²) in [6.07, 6.45) is 2.70. The summed E-state index contributed by atoms with van der Waals surface area (Å²) >= 11 is 3.10. The summed E-state index contributed by atoms with van der Waals surface area (Å²) in [6.45, 7) is 1.48. The monoisotopic (exact) mass is 514 g/mol. The first-order valence-electron chi connectivity index (χ1n) is 10.4. The van der Waals surface area contributed by atoms with Gasteiger partial charge in [0.25, 0.3) is 11.8 Å². The van der Waals surface area contributed by atoms with Gasteiger partial charge in [-0.2, -0.15) is 5.10 Å². The van der Waals surface area contributed by atoms with Gasteiger partial charge in [-0.3, -0.25) is 29.4 Å². The van der Waals surface area contributed by atoms with Crippen molar-refractivity contribution in [2.45, 2.75) is 37.9 Å². The van der Waals surface area contributed by atoms with Gasteiger partial charge in [-0.15, -0.1) is 0 Å². The van der Waals surface area contributed by atoms with Crippen molar-refractivity contribution in [2.75, 3.05) is 5.32 Å². The van der Waals surface area contributed by atoms with Gasteiger partial charge < -0.3 is 11.1 Å². The van der Waals surface area contributed by atoms with Gasteiger partial charge >= 0.3 is 0 Å². The van der Waals surface area contributed by atoms with Crippen LogP contribution in [0.1, 0.15) is 29.0 Å². The fourth-order valence-corrected chi connectivity index (χ4v) is 4.84. The SMILES string of the molecule is Cc1cc2c(C(N)=O)nn(CC(=O)[C@]3(C(=O)Nc4cccc(Br)c4F)C[C@H]4C[C@H]4N3)c2cn1. The Morgan fingerprint density at radius 2 is 2.18 bits per heavy atom. The van der Waals surface area contributed by atoms with Crippen molar-refractivity contribution in [1.82, 2.24) is 20.1 Å². The molecule has 1 aliphatic heterocycles. The van der Waals surface area contributed by atoms with Crippen LogP contribution in [0.15, 0.2) is 34.9 Å². The van der Waals surface area contributed by atoms with Crippen molar-refractivity contribution in [3.8, 4) is 0 Å². The minimum Gasteiger partial charge on any atom is -0.364 e. The summed E-state index contributed by atoms with van der Waals surface area (Å²) in [4.78, 5) is 43.0. The van der Waals surface area contributed by atoms with Crippen molar-refractivity contribution in [3.63, 3.8) is 0 Å². The maximum absolute atomic E-state index is 14.5. The van der Waals surface area contributed by atoms with Crippen LogP contribution in [-0.2, 0) is 16.1 Å². The third kappa shape index (κ3) is 3.61. The molecule has 1 aliphatic carbocycles. The number of ketones is 1. The number of benzene rings is 1. The van der Waals surface area contributed by atoms with E-state index in [2.05, 4.69) is 36.6 Å². The number of hydrogen-bond donors (Lipinski definition) is 3. The van der Waals surface area contributed by atoms with Crippen molar-refractivity contribution in [3.05, 3.63) is 52.1 Å². The van der Waals surface area contributed by atoms with Crippen LogP contribution in [0.4, 0.5) is 10.1 Å². The largest absolute Gasteiger partial charge is 0.364 e. The molecule has 3 atom stereocenters. The van der Waals surface area contributed by atoms with Crippen LogP contribution in [-0.4, -0.2) is 43.9 Å². The number of halogens is 2. The smallest absolute Gasteiger partial charge is 0.269 e. The van der Waals surface area contributed by atoms with Crippen molar-refractivity contribution in [2.24, 2.45) is 11.7 Å². The molecule has 33 heavy (non-hydrogen) atoms. The minimum atomic E-state index is -1.54. The summed E-state index contributed by atoms with van der Waals surface area (Å²) in [6, 6.07) is 6.27. The van der Waals surface area contributed by atoms with Gasteiger partial charge in [0.2, 0.25) is 0 Å². The molecule has 1 saturated heterocycles. The van der Waals surface area contributed by atoms with Gasteiger partial charge in [-0.05, 0) is 59.8 Å². The molecule has 4 N–H and O–H groups in total. The highest BCUT2D eigenvalue weighted by Gasteiger charge is 2.60. The van der Waals surface area contributed by atoms with E-state index in [1.807, 2.05) is 0 Å². The van der Waals surface area contributed by atoms with Crippen LogP contribution in [0.2, 0.25) is 0 Å². The molecule has 9 nitrogen and oxygen atoms in total. The number of amides is 2. The normalized spacial score (nSPS) is 23.4. The number of Topliss-reactive ketones (excluding diaryl/α,β-unsaturated/α-hetero) is 1. The average molecular weight is 515 g/mol. The Morgan fingerprint density at radius 1 is 1.39 bits per heavy atom. The van der Waals surface area contributed by atoms with E-state index < -0.39 is 29.0 Å². The Balaban J connectivity index is 1.48. The highest BCUT2D eigenvalue weighted by molar-refractivity contribution is 9.10. The molecule has 0 bridgehead atoms. The molecule has 3 heterocycles. The number of carbonyl (C=O) groups excluding carboxylic acids is 3. The second-order valence-corrected chi connectivity index (χ2v) is 9.40. The molecular formula is C22H20BrFN6O3. The van der Waals surface area contributed by atoms with Crippen LogP contribution in [0.3, 0.4) is 0 Å². The molecule has 2 fully saturated rings. The van der Waals surface area contributed by atoms with Crippen molar-refractivity contribution >= 4 is 50.1 Å². The summed E-state index contributed by atoms with van der Waals surface area (Å²) in [5.74, 6) is -2.22. The quantitative estimate of drug-likeness (QED) is 0.431. The van der Waals surface area contributed by atoms with E-state index in [0.29, 0.717) is 23.0 Å². The lowest BCUT2D eigenvalue weighted by atomic mass is 9.88. The summed E-state index contributed by atoms with van der Waals surface area (Å²) in [5.41, 5.74) is 5.06. The molecule has 2 aromatic heterocycles. The van der Waals surface area contributed by atoms with Gasteiger partial charge in [0.1, 0.15) is 6.54 Å². The number of aromatic nitrogens is 3. The summed E-state index contributed by atoms with van der Waals surface area (Å²) in [5, 5.41) is 10.4. The Hall–Kier alpha value is -3.18. The molecule has 1 saturated carbocycles. The maximum Gasteiger partial charge on any atom is 0.269 e. The molecule has 3 aromatic rings. The topological polar surface area (TPSA) is 132 Å². The standard InChI is InChI=1S/C22H20BrFN6O3/c1-10-5-12-16(8-26-10)30(29-19(12)20(25)32)9-17(31)22(7-11-6-15(11)28-22)21(33)27-14-4-2-3-13(23)18(14)24/h2-5,8,11,15,28H,6-7,9H2,1H3,(H2,25,32)(H,27,33)/t11-,15-,22+/m1/s1. The molecular weight excluding hydrogens is 495 g/mol. The predicted molar refractivity (Wildman–Crippen MR) is 121 cm³/mol. The number of aryl methyl sites for hydroxylation is 1. The number of nitrogens with two attached hydrogens (primary N) is 1. The second kappa shape index (κ2) is 7.70. The lowest BCUT2D eigenvalue weighted by molar-refractivity contribution is -0.135. The Bertz CT molecular complexity index is 1330. The Morgan fingerprint density at radius 3 is 2.88 bits per heavy atom. The van der Waals surface area contributed by atoms with Gasteiger partial charge in [0.05, 0.1) is 21.9 Å². The number of nitrogens with zero attached hydrogens (tertiary/aromatic N) is 3. The molecule has 0 radical (unpaired) electrons. The number of hydrogen-bond acceptors (Lipinski definition) is 6. The first kappa shape index (κ1) is 21.7. The number of primary amides is 1. The number of rotatable bonds is 6. The van der Waals surface area contributed by atoms with Gasteiger partial charge in [0, 0.05) is 17.1 Å². The second-order valence-electron chi connectivity index (χ2n) is 8.55. The zero-order valence-corrected chi connectivity index (χ0v) is 19.1. The summed E-state index contributed by atoms with van der Waals surface area (Å²) < 4.78 is 16.0. The first-order chi connectivity index (χ1) is 15.7. The first-order valence-corrected chi connectivity index (χ1v) is 11.2. The number of piperidine rings is 1. The molecule has 0 spiro atoms. The van der Waals surface area contributed by atoms with Crippen LogP contribution in [0, 0.1) is 18.7 Å². The van der Waals surface area contributed by atoms with E-state index in [9.17, 15) is 18.8 Å². The average Bonchev–Trinajstić information content (AvgIpc) is 3.22. The predicted octanol–water partition coefficient (Wildman–Crippen LogP) is 2.07. The minimum absolute atomic E-state index is 0.0239.